The first kappa shape index (κ1) is 27.8. The molecular weight excluding hydrogens is 380 g/mol. The first-order chi connectivity index (χ1) is 14.6. The summed E-state index contributed by atoms with van der Waals surface area (Å²) < 4.78 is 11.3. The van der Waals surface area contributed by atoms with Gasteiger partial charge in [0.15, 0.2) is 6.29 Å². The summed E-state index contributed by atoms with van der Waals surface area (Å²) in [5.74, 6) is 0.469. The fraction of sp³-hybridized carbons (Fsp3) is 1.00. The van der Waals surface area contributed by atoms with Crippen molar-refractivity contribution in [3.8, 4) is 0 Å². The Morgan fingerprint density at radius 2 is 1.17 bits per heavy atom. The molecule has 3 N–H and O–H groups in total. The van der Waals surface area contributed by atoms with Gasteiger partial charge in [-0.25, -0.2) is 0 Å². The van der Waals surface area contributed by atoms with E-state index in [0.717, 1.165) is 12.8 Å². The van der Waals surface area contributed by atoms with Crippen LogP contribution in [0.2, 0.25) is 0 Å². The molecule has 0 radical (unpaired) electrons. The number of aliphatic hydroxyl groups excluding tert-OH is 3. The van der Waals surface area contributed by atoms with Gasteiger partial charge in [0, 0.05) is 0 Å². The lowest BCUT2D eigenvalue weighted by atomic mass is 9.94. The molecule has 1 saturated heterocycles. The van der Waals surface area contributed by atoms with Gasteiger partial charge >= 0.3 is 0 Å². The van der Waals surface area contributed by atoms with E-state index in [2.05, 4.69) is 13.8 Å². The molecule has 0 saturated carbocycles. The Morgan fingerprint density at radius 1 is 0.700 bits per heavy atom. The largest absolute Gasteiger partial charge is 0.388 e. The normalized spacial score (nSPS) is 25.5. The molecule has 0 aliphatic carbocycles. The summed E-state index contributed by atoms with van der Waals surface area (Å²) in [7, 11) is 0. The van der Waals surface area contributed by atoms with Crippen molar-refractivity contribution in [3.05, 3.63) is 0 Å². The van der Waals surface area contributed by atoms with Crippen molar-refractivity contribution in [1.29, 1.82) is 0 Å². The minimum absolute atomic E-state index is 0.00300. The van der Waals surface area contributed by atoms with Crippen LogP contribution in [0, 0.1) is 5.92 Å². The fourth-order valence-electron chi connectivity index (χ4n) is 4.25. The van der Waals surface area contributed by atoms with E-state index in [1.165, 1.54) is 89.9 Å². The Hall–Kier alpha value is -0.200. The lowest BCUT2D eigenvalue weighted by molar-refractivity contribution is -0.272. The van der Waals surface area contributed by atoms with Crippen LogP contribution in [-0.4, -0.2) is 53.1 Å². The fourth-order valence-corrected chi connectivity index (χ4v) is 4.25. The molecule has 0 bridgehead atoms. The summed E-state index contributed by atoms with van der Waals surface area (Å²) in [6.07, 6.45) is 16.4. The zero-order valence-corrected chi connectivity index (χ0v) is 19.8. The molecule has 1 aliphatic heterocycles. The van der Waals surface area contributed by atoms with E-state index in [1.54, 1.807) is 0 Å². The van der Waals surface area contributed by atoms with E-state index in [4.69, 9.17) is 9.47 Å². The van der Waals surface area contributed by atoms with Gasteiger partial charge in [0.05, 0.1) is 13.2 Å². The number of hydrogen-bond acceptors (Lipinski definition) is 5. The number of rotatable bonds is 19. The monoisotopic (exact) mass is 430 g/mol. The molecule has 0 aromatic heterocycles. The van der Waals surface area contributed by atoms with Crippen LogP contribution in [0.3, 0.4) is 0 Å². The molecule has 30 heavy (non-hydrogen) atoms. The van der Waals surface area contributed by atoms with Crippen molar-refractivity contribution in [2.75, 3.05) is 13.2 Å². The van der Waals surface area contributed by atoms with Gasteiger partial charge in [-0.1, -0.05) is 104 Å². The summed E-state index contributed by atoms with van der Waals surface area (Å²) >= 11 is 0. The van der Waals surface area contributed by atoms with Gasteiger partial charge in [-0.3, -0.25) is 0 Å². The summed E-state index contributed by atoms with van der Waals surface area (Å²) in [6, 6.07) is 0. The summed E-state index contributed by atoms with van der Waals surface area (Å²) in [5.41, 5.74) is 0. The molecule has 0 spiro atoms. The van der Waals surface area contributed by atoms with E-state index < -0.39 is 24.6 Å². The molecule has 1 fully saturated rings. The standard InChI is InChI=1S/C25H50O5/c1-3-5-7-9-11-12-14-16-18-21(17-15-13-10-8-6-4-2)19-29-25-24(28)23(27)22(26)20-30-25/h21-28H,3-20H2,1-2H3/t21?,22-,23+,24+,25+/m1/s1. The average molecular weight is 431 g/mol. The van der Waals surface area contributed by atoms with Crippen LogP contribution < -0.4 is 0 Å². The minimum atomic E-state index is -1.20. The van der Waals surface area contributed by atoms with Crippen molar-refractivity contribution in [3.63, 3.8) is 0 Å². The molecular formula is C25H50O5. The number of aliphatic hydroxyl groups is 3. The molecule has 1 unspecified atom stereocenters. The second-order valence-corrected chi connectivity index (χ2v) is 9.27. The zero-order chi connectivity index (χ0) is 22.0. The van der Waals surface area contributed by atoms with Gasteiger partial charge in [-0.05, 0) is 18.8 Å². The molecule has 1 rings (SSSR count). The van der Waals surface area contributed by atoms with E-state index in [1.807, 2.05) is 0 Å². The Kier molecular flexibility index (Phi) is 17.1. The molecule has 0 aromatic rings. The van der Waals surface area contributed by atoms with E-state index in [9.17, 15) is 15.3 Å². The van der Waals surface area contributed by atoms with Crippen molar-refractivity contribution in [2.24, 2.45) is 5.92 Å². The highest BCUT2D eigenvalue weighted by molar-refractivity contribution is 4.82. The Morgan fingerprint density at radius 3 is 1.67 bits per heavy atom. The molecule has 180 valence electrons. The average Bonchev–Trinajstić information content (AvgIpc) is 2.75. The van der Waals surface area contributed by atoms with Gasteiger partial charge in [0.2, 0.25) is 0 Å². The quantitative estimate of drug-likeness (QED) is 0.241. The Bertz CT molecular complexity index is 379. The topological polar surface area (TPSA) is 79.2 Å². The van der Waals surface area contributed by atoms with Crippen LogP contribution in [0.1, 0.15) is 117 Å². The third kappa shape index (κ3) is 12.6. The highest BCUT2D eigenvalue weighted by atomic mass is 16.7. The molecule has 1 heterocycles. The summed E-state index contributed by atoms with van der Waals surface area (Å²) in [4.78, 5) is 0. The van der Waals surface area contributed by atoms with Crippen LogP contribution >= 0.6 is 0 Å². The molecule has 5 heteroatoms. The molecule has 0 amide bonds. The maximum absolute atomic E-state index is 10.1. The minimum Gasteiger partial charge on any atom is -0.388 e. The second-order valence-electron chi connectivity index (χ2n) is 9.27. The van der Waals surface area contributed by atoms with Crippen LogP contribution in [0.5, 0.6) is 0 Å². The van der Waals surface area contributed by atoms with E-state index in [0.29, 0.717) is 12.5 Å². The van der Waals surface area contributed by atoms with Gasteiger partial charge in [-0.2, -0.15) is 0 Å². The van der Waals surface area contributed by atoms with Crippen molar-refractivity contribution >= 4 is 0 Å². The van der Waals surface area contributed by atoms with Gasteiger partial charge in [0.1, 0.15) is 18.3 Å². The van der Waals surface area contributed by atoms with E-state index in [-0.39, 0.29) is 6.61 Å². The SMILES string of the molecule is CCCCCCCCCCC(CCCCCCCC)CO[C@H]1OC[C@@H](O)[C@H](O)[C@@H]1O. The zero-order valence-electron chi connectivity index (χ0n) is 19.8. The van der Waals surface area contributed by atoms with E-state index >= 15 is 0 Å². The number of hydrogen-bond donors (Lipinski definition) is 3. The van der Waals surface area contributed by atoms with Crippen molar-refractivity contribution in [1.82, 2.24) is 0 Å². The van der Waals surface area contributed by atoms with Crippen LogP contribution in [0.4, 0.5) is 0 Å². The lowest BCUT2D eigenvalue weighted by Crippen LogP contribution is -2.53. The van der Waals surface area contributed by atoms with Crippen molar-refractivity contribution < 1.29 is 24.8 Å². The second kappa shape index (κ2) is 18.4. The highest BCUT2D eigenvalue weighted by Gasteiger charge is 2.38. The molecule has 0 aromatic carbocycles. The first-order valence-electron chi connectivity index (χ1n) is 12.9. The predicted octanol–water partition coefficient (Wildman–Crippen LogP) is 5.34. The Labute approximate surface area is 185 Å². The summed E-state index contributed by atoms with van der Waals surface area (Å²) in [5, 5.41) is 29.5. The summed E-state index contributed by atoms with van der Waals surface area (Å²) in [6.45, 7) is 5.06. The van der Waals surface area contributed by atoms with Gasteiger partial charge in [-0.15, -0.1) is 0 Å². The third-order valence-electron chi connectivity index (χ3n) is 6.38. The number of unbranched alkanes of at least 4 members (excludes halogenated alkanes) is 12. The molecule has 1 aliphatic rings. The maximum atomic E-state index is 10.1. The molecule has 5 nitrogen and oxygen atoms in total. The van der Waals surface area contributed by atoms with Crippen LogP contribution in [0.15, 0.2) is 0 Å². The highest BCUT2D eigenvalue weighted by Crippen LogP contribution is 2.23. The lowest BCUT2D eigenvalue weighted by Gasteiger charge is -2.35. The smallest absolute Gasteiger partial charge is 0.186 e. The van der Waals surface area contributed by atoms with Crippen molar-refractivity contribution in [2.45, 2.75) is 141 Å². The first-order valence-corrected chi connectivity index (χ1v) is 12.9. The third-order valence-corrected chi connectivity index (χ3v) is 6.38. The van der Waals surface area contributed by atoms with Crippen LogP contribution in [0.25, 0.3) is 0 Å². The Balaban J connectivity index is 2.29. The van der Waals surface area contributed by atoms with Gasteiger partial charge in [0.25, 0.3) is 0 Å². The molecule has 5 atom stereocenters. The van der Waals surface area contributed by atoms with Gasteiger partial charge < -0.3 is 24.8 Å². The van der Waals surface area contributed by atoms with Crippen LogP contribution in [-0.2, 0) is 9.47 Å². The number of ether oxygens (including phenoxy) is 2. The predicted molar refractivity (Wildman–Crippen MR) is 122 cm³/mol. The maximum Gasteiger partial charge on any atom is 0.186 e.